The van der Waals surface area contributed by atoms with Crippen LogP contribution in [0.25, 0.3) is 0 Å². The highest BCUT2D eigenvalue weighted by Crippen LogP contribution is 2.27. The fourth-order valence-electron chi connectivity index (χ4n) is 1.30. The van der Waals surface area contributed by atoms with E-state index in [1.165, 1.54) is 6.07 Å². The Balaban J connectivity index is 2.36. The van der Waals surface area contributed by atoms with Gasteiger partial charge in [-0.15, -0.1) is 0 Å². The topological polar surface area (TPSA) is 60.1 Å². The molecule has 2 rings (SSSR count). The van der Waals surface area contributed by atoms with Crippen molar-refractivity contribution < 1.29 is 4.92 Å². The van der Waals surface area contributed by atoms with E-state index in [1.54, 1.807) is 29.2 Å². The first kappa shape index (κ1) is 10.7. The average Bonchev–Trinajstić information content (AvgIpc) is 2.73. The summed E-state index contributed by atoms with van der Waals surface area (Å²) < 4.78 is 2.33. The summed E-state index contributed by atoms with van der Waals surface area (Å²) in [5.41, 5.74) is 3.39. The van der Waals surface area contributed by atoms with E-state index >= 15 is 0 Å². The highest BCUT2D eigenvalue weighted by Gasteiger charge is 2.13. The molecule has 0 saturated heterocycles. The number of nitro groups is 1. The first-order chi connectivity index (χ1) is 7.66. The second-order valence-corrected chi connectivity index (χ2v) is 4.04. The third-order valence-electron chi connectivity index (χ3n) is 2.01. The smallest absolute Gasteiger partial charge is 0.288 e. The van der Waals surface area contributed by atoms with Gasteiger partial charge in [-0.25, -0.2) is 0 Å². The Bertz CT molecular complexity index is 511. The molecule has 0 amide bonds. The van der Waals surface area contributed by atoms with Gasteiger partial charge < -0.3 is 0 Å². The molecular weight excluding hydrogens is 274 g/mol. The summed E-state index contributed by atoms with van der Waals surface area (Å²) in [6, 6.07) is 8.53. The SMILES string of the molecule is O=[N+]([O-])c1cc(Br)ccc1Nn1cccc1. The first-order valence-corrected chi connectivity index (χ1v) is 5.30. The molecule has 0 fully saturated rings. The minimum absolute atomic E-state index is 0.0306. The Morgan fingerprint density at radius 3 is 2.62 bits per heavy atom. The molecule has 0 bridgehead atoms. The second-order valence-electron chi connectivity index (χ2n) is 3.12. The van der Waals surface area contributed by atoms with Crippen molar-refractivity contribution in [1.29, 1.82) is 0 Å². The van der Waals surface area contributed by atoms with E-state index in [-0.39, 0.29) is 5.69 Å². The number of rotatable bonds is 3. The fraction of sp³-hybridized carbons (Fsp3) is 0. The predicted molar refractivity (Wildman–Crippen MR) is 64.2 cm³/mol. The summed E-state index contributed by atoms with van der Waals surface area (Å²) in [6.07, 6.45) is 3.54. The molecule has 1 N–H and O–H groups in total. The fourth-order valence-corrected chi connectivity index (χ4v) is 1.65. The van der Waals surface area contributed by atoms with Crippen LogP contribution in [0.2, 0.25) is 0 Å². The van der Waals surface area contributed by atoms with Crippen LogP contribution < -0.4 is 5.43 Å². The van der Waals surface area contributed by atoms with E-state index in [2.05, 4.69) is 21.4 Å². The molecule has 0 aliphatic carbocycles. The molecule has 0 aliphatic rings. The molecule has 6 heteroatoms. The van der Waals surface area contributed by atoms with Crippen molar-refractivity contribution in [1.82, 2.24) is 4.68 Å². The van der Waals surface area contributed by atoms with Gasteiger partial charge in [0.15, 0.2) is 0 Å². The summed E-state index contributed by atoms with van der Waals surface area (Å²) in [5, 5.41) is 10.8. The van der Waals surface area contributed by atoms with E-state index in [4.69, 9.17) is 0 Å². The number of benzene rings is 1. The number of hydrogen-bond acceptors (Lipinski definition) is 3. The Hall–Kier alpha value is -1.82. The van der Waals surface area contributed by atoms with Crippen molar-refractivity contribution in [3.05, 3.63) is 57.3 Å². The van der Waals surface area contributed by atoms with Crippen molar-refractivity contribution in [3.8, 4) is 0 Å². The molecule has 5 nitrogen and oxygen atoms in total. The lowest BCUT2D eigenvalue weighted by molar-refractivity contribution is -0.384. The van der Waals surface area contributed by atoms with Gasteiger partial charge >= 0.3 is 0 Å². The highest BCUT2D eigenvalue weighted by atomic mass is 79.9. The van der Waals surface area contributed by atoms with Crippen LogP contribution in [0.4, 0.5) is 11.4 Å². The average molecular weight is 282 g/mol. The molecule has 2 aromatic rings. The summed E-state index contributed by atoms with van der Waals surface area (Å²) in [5.74, 6) is 0. The van der Waals surface area contributed by atoms with Crippen LogP contribution in [-0.4, -0.2) is 9.60 Å². The highest BCUT2D eigenvalue weighted by molar-refractivity contribution is 9.10. The van der Waals surface area contributed by atoms with E-state index in [9.17, 15) is 10.1 Å². The van der Waals surface area contributed by atoms with E-state index in [1.807, 2.05) is 12.1 Å². The van der Waals surface area contributed by atoms with Crippen molar-refractivity contribution in [2.45, 2.75) is 0 Å². The molecule has 16 heavy (non-hydrogen) atoms. The third-order valence-corrected chi connectivity index (χ3v) is 2.50. The maximum absolute atomic E-state index is 10.8. The van der Waals surface area contributed by atoms with E-state index in [0.29, 0.717) is 10.2 Å². The minimum Gasteiger partial charge on any atom is -0.288 e. The van der Waals surface area contributed by atoms with Crippen LogP contribution in [0, 0.1) is 10.1 Å². The van der Waals surface area contributed by atoms with Crippen LogP contribution in [0.15, 0.2) is 47.2 Å². The van der Waals surface area contributed by atoms with E-state index in [0.717, 1.165) is 0 Å². The molecular formula is C10H8BrN3O2. The zero-order valence-corrected chi connectivity index (χ0v) is 9.72. The van der Waals surface area contributed by atoms with Crippen LogP contribution in [0.5, 0.6) is 0 Å². The lowest BCUT2D eigenvalue weighted by Gasteiger charge is -2.07. The zero-order chi connectivity index (χ0) is 11.5. The molecule has 1 aromatic carbocycles. The standard InChI is InChI=1S/C10H8BrN3O2/c11-8-3-4-9(10(7-8)14(15)16)12-13-5-1-2-6-13/h1-7,12H. The summed E-state index contributed by atoms with van der Waals surface area (Å²) >= 11 is 3.20. The van der Waals surface area contributed by atoms with Gasteiger partial charge in [-0.3, -0.25) is 20.2 Å². The van der Waals surface area contributed by atoms with Gasteiger partial charge in [-0.1, -0.05) is 15.9 Å². The molecule has 0 saturated carbocycles. The van der Waals surface area contributed by atoms with Crippen LogP contribution in [0.3, 0.4) is 0 Å². The largest absolute Gasteiger partial charge is 0.295 e. The van der Waals surface area contributed by atoms with Crippen LogP contribution in [0.1, 0.15) is 0 Å². The number of nitro benzene ring substituents is 1. The van der Waals surface area contributed by atoms with Crippen molar-refractivity contribution >= 4 is 27.3 Å². The molecule has 82 valence electrons. The molecule has 0 radical (unpaired) electrons. The monoisotopic (exact) mass is 281 g/mol. The van der Waals surface area contributed by atoms with Crippen molar-refractivity contribution in [3.63, 3.8) is 0 Å². The maximum Gasteiger partial charge on any atom is 0.295 e. The van der Waals surface area contributed by atoms with Gasteiger partial charge in [0.05, 0.1) is 4.92 Å². The Labute approximate surface area is 99.9 Å². The zero-order valence-electron chi connectivity index (χ0n) is 8.13. The quantitative estimate of drug-likeness (QED) is 0.695. The van der Waals surface area contributed by atoms with Gasteiger partial charge in [0.25, 0.3) is 5.69 Å². The molecule has 1 heterocycles. The van der Waals surface area contributed by atoms with Crippen molar-refractivity contribution in [2.24, 2.45) is 0 Å². The third kappa shape index (κ3) is 2.22. The minimum atomic E-state index is -0.420. The van der Waals surface area contributed by atoms with Crippen LogP contribution in [-0.2, 0) is 0 Å². The van der Waals surface area contributed by atoms with Gasteiger partial charge in [0.1, 0.15) is 5.69 Å². The Kier molecular flexibility index (Phi) is 2.91. The predicted octanol–water partition coefficient (Wildman–Crippen LogP) is 3.03. The van der Waals surface area contributed by atoms with Crippen LogP contribution >= 0.6 is 15.9 Å². The summed E-state index contributed by atoms with van der Waals surface area (Å²) in [7, 11) is 0. The number of anilines is 1. The molecule has 0 atom stereocenters. The normalized spacial score (nSPS) is 10.1. The maximum atomic E-state index is 10.8. The van der Waals surface area contributed by atoms with Crippen molar-refractivity contribution in [2.75, 3.05) is 5.43 Å². The first-order valence-electron chi connectivity index (χ1n) is 4.51. The molecule has 0 spiro atoms. The van der Waals surface area contributed by atoms with Gasteiger partial charge in [0, 0.05) is 22.9 Å². The van der Waals surface area contributed by atoms with Gasteiger partial charge in [0.2, 0.25) is 0 Å². The number of nitrogens with one attached hydrogen (secondary N) is 1. The number of nitrogens with zero attached hydrogens (tertiary/aromatic N) is 2. The molecule has 0 unspecified atom stereocenters. The Morgan fingerprint density at radius 1 is 1.31 bits per heavy atom. The lowest BCUT2D eigenvalue weighted by Crippen LogP contribution is -2.07. The number of aromatic nitrogens is 1. The van der Waals surface area contributed by atoms with Gasteiger partial charge in [-0.05, 0) is 24.3 Å². The Morgan fingerprint density at radius 2 is 2.00 bits per heavy atom. The number of halogens is 1. The number of hydrogen-bond donors (Lipinski definition) is 1. The molecule has 1 aromatic heterocycles. The summed E-state index contributed by atoms with van der Waals surface area (Å²) in [4.78, 5) is 10.4. The summed E-state index contributed by atoms with van der Waals surface area (Å²) in [6.45, 7) is 0. The molecule has 0 aliphatic heterocycles. The van der Waals surface area contributed by atoms with Gasteiger partial charge in [-0.2, -0.15) is 0 Å². The lowest BCUT2D eigenvalue weighted by atomic mass is 10.3. The van der Waals surface area contributed by atoms with E-state index < -0.39 is 4.92 Å². The second kappa shape index (κ2) is 4.36.